The van der Waals surface area contributed by atoms with E-state index in [2.05, 4.69) is 41.5 Å². The maximum Gasteiger partial charge on any atom is 0.472 e. The van der Waals surface area contributed by atoms with Crippen LogP contribution in [0.1, 0.15) is 260 Å². The van der Waals surface area contributed by atoms with Gasteiger partial charge < -0.3 is 33.8 Å². The molecule has 0 radical (unpaired) electrons. The Balaban J connectivity index is 5.20. The molecule has 438 valence electrons. The van der Waals surface area contributed by atoms with Gasteiger partial charge >= 0.3 is 39.5 Å². The van der Waals surface area contributed by atoms with Gasteiger partial charge in [-0.05, 0) is 37.5 Å². The van der Waals surface area contributed by atoms with Gasteiger partial charge in [0, 0.05) is 25.7 Å². The molecular formula is C55H106O17P2. The van der Waals surface area contributed by atoms with E-state index < -0.39 is 97.5 Å². The van der Waals surface area contributed by atoms with E-state index in [9.17, 15) is 43.2 Å². The minimum Gasteiger partial charge on any atom is -0.462 e. The van der Waals surface area contributed by atoms with Gasteiger partial charge in [0.15, 0.2) is 12.2 Å². The van der Waals surface area contributed by atoms with Crippen molar-refractivity contribution < 1.29 is 80.2 Å². The molecule has 0 bridgehead atoms. The van der Waals surface area contributed by atoms with Gasteiger partial charge in [0.1, 0.15) is 19.3 Å². The van der Waals surface area contributed by atoms with Crippen molar-refractivity contribution >= 4 is 39.5 Å². The number of esters is 4. The van der Waals surface area contributed by atoms with Crippen LogP contribution in [0.2, 0.25) is 0 Å². The Hall–Kier alpha value is -1.94. The normalized spacial score (nSPS) is 14.6. The number of carbonyl (C=O) groups is 4. The van der Waals surface area contributed by atoms with Crippen molar-refractivity contribution in [3.8, 4) is 0 Å². The molecule has 0 saturated heterocycles. The first-order chi connectivity index (χ1) is 35.4. The molecule has 17 nitrogen and oxygen atoms in total. The second kappa shape index (κ2) is 48.2. The number of carbonyl (C=O) groups excluding carboxylic acids is 4. The summed E-state index contributed by atoms with van der Waals surface area (Å²) in [5.74, 6) is -0.758. The molecule has 0 spiro atoms. The highest BCUT2D eigenvalue weighted by Crippen LogP contribution is 2.45. The van der Waals surface area contributed by atoms with Gasteiger partial charge in [0.05, 0.1) is 26.4 Å². The highest BCUT2D eigenvalue weighted by molar-refractivity contribution is 7.47. The van der Waals surface area contributed by atoms with Gasteiger partial charge in [-0.15, -0.1) is 0 Å². The lowest BCUT2D eigenvalue weighted by atomic mass is 10.0. The number of aliphatic hydroxyl groups excluding tert-OH is 1. The zero-order valence-corrected chi connectivity index (χ0v) is 48.9. The zero-order chi connectivity index (χ0) is 55.1. The Labute approximate surface area is 447 Å². The van der Waals surface area contributed by atoms with E-state index in [-0.39, 0.29) is 25.7 Å². The van der Waals surface area contributed by atoms with Crippen molar-refractivity contribution in [2.45, 2.75) is 278 Å². The van der Waals surface area contributed by atoms with Gasteiger partial charge in [-0.25, -0.2) is 9.13 Å². The van der Waals surface area contributed by atoms with Crippen LogP contribution in [0.25, 0.3) is 0 Å². The van der Waals surface area contributed by atoms with E-state index in [1.165, 1.54) is 44.9 Å². The molecule has 0 aromatic rings. The number of ether oxygens (including phenoxy) is 4. The lowest BCUT2D eigenvalue weighted by Gasteiger charge is -2.21. The van der Waals surface area contributed by atoms with Gasteiger partial charge in [-0.1, -0.05) is 208 Å². The number of phosphoric acid groups is 2. The van der Waals surface area contributed by atoms with Gasteiger partial charge in [0.2, 0.25) is 0 Å². The van der Waals surface area contributed by atoms with Crippen molar-refractivity contribution in [2.24, 2.45) is 11.8 Å². The molecule has 3 N–H and O–H groups in total. The first kappa shape index (κ1) is 72.1. The number of aliphatic hydroxyl groups is 1. The van der Waals surface area contributed by atoms with Crippen molar-refractivity contribution in [1.82, 2.24) is 0 Å². The molecule has 19 heteroatoms. The van der Waals surface area contributed by atoms with Crippen LogP contribution in [0.4, 0.5) is 0 Å². The summed E-state index contributed by atoms with van der Waals surface area (Å²) < 4.78 is 67.4. The van der Waals surface area contributed by atoms with Crippen LogP contribution in [0.15, 0.2) is 0 Å². The molecule has 74 heavy (non-hydrogen) atoms. The van der Waals surface area contributed by atoms with Crippen LogP contribution in [-0.2, 0) is 65.4 Å². The SMILES string of the molecule is CCCCCCCCCC(=O)OC[C@H](COP(=O)(O)OC[C@H](O)COP(=O)(O)OC[C@@H](COC(=O)CCCCCCCCCC(C)C)OC(=O)CCCCCCCCCC(C)C)OC(=O)CCCCCCCCC. The summed E-state index contributed by atoms with van der Waals surface area (Å²) in [6, 6.07) is 0. The fourth-order valence-electron chi connectivity index (χ4n) is 7.94. The van der Waals surface area contributed by atoms with Gasteiger partial charge in [-0.3, -0.25) is 37.3 Å². The summed E-state index contributed by atoms with van der Waals surface area (Å²) in [4.78, 5) is 71.5. The van der Waals surface area contributed by atoms with E-state index in [0.29, 0.717) is 37.5 Å². The third-order valence-corrected chi connectivity index (χ3v) is 14.4. The van der Waals surface area contributed by atoms with E-state index in [0.717, 1.165) is 122 Å². The summed E-state index contributed by atoms with van der Waals surface area (Å²) in [6.07, 6.45) is 27.1. The third kappa shape index (κ3) is 49.6. The minimum atomic E-state index is -4.93. The van der Waals surface area contributed by atoms with Gasteiger partial charge in [0.25, 0.3) is 0 Å². The fourth-order valence-corrected chi connectivity index (χ4v) is 9.52. The summed E-state index contributed by atoms with van der Waals surface area (Å²) in [5, 5.41) is 10.5. The van der Waals surface area contributed by atoms with E-state index >= 15 is 0 Å². The Morgan fingerprint density at radius 1 is 0.365 bits per heavy atom. The summed E-state index contributed by atoms with van der Waals surface area (Å²) in [6.45, 7) is 9.21. The molecule has 0 amide bonds. The molecule has 0 rings (SSSR count). The zero-order valence-electron chi connectivity index (χ0n) is 47.1. The van der Waals surface area contributed by atoms with Crippen molar-refractivity contribution in [3.63, 3.8) is 0 Å². The smallest absolute Gasteiger partial charge is 0.462 e. The maximum absolute atomic E-state index is 12.9. The number of rotatable bonds is 54. The molecule has 0 fully saturated rings. The number of hydrogen-bond donors (Lipinski definition) is 3. The second-order valence-corrected chi connectivity index (χ2v) is 23.8. The predicted octanol–water partition coefficient (Wildman–Crippen LogP) is 14.1. The average Bonchev–Trinajstić information content (AvgIpc) is 3.35. The monoisotopic (exact) mass is 1100 g/mol. The standard InChI is InChI=1S/C55H106O17P2/c1-7-9-11-13-17-25-31-37-52(57)65-43-50(71-54(59)39-33-27-18-14-12-10-8-2)45-69-73(61,62)67-41-49(56)42-68-74(63,64)70-46-51(72-55(60)40-34-28-22-16-20-24-30-36-48(5)6)44-66-53(58)38-32-26-21-15-19-23-29-35-47(3)4/h47-51,56H,7-46H2,1-6H3,(H,61,62)(H,63,64)/t49-,50+,51+/m0/s1. The molecule has 0 aromatic carbocycles. The molecular weight excluding hydrogens is 995 g/mol. The molecule has 0 aliphatic carbocycles. The van der Waals surface area contributed by atoms with Crippen LogP contribution in [-0.4, -0.2) is 96.7 Å². The topological polar surface area (TPSA) is 237 Å². The molecule has 2 unspecified atom stereocenters. The molecule has 0 aliphatic rings. The highest BCUT2D eigenvalue weighted by Gasteiger charge is 2.30. The summed E-state index contributed by atoms with van der Waals surface area (Å²) >= 11 is 0. The van der Waals surface area contributed by atoms with E-state index in [4.69, 9.17) is 37.0 Å². The number of unbranched alkanes of at least 4 members (excludes halogenated alkanes) is 24. The van der Waals surface area contributed by atoms with E-state index in [1.807, 2.05) is 0 Å². The fraction of sp³-hybridized carbons (Fsp3) is 0.927. The molecule has 0 aliphatic heterocycles. The number of hydrogen-bond acceptors (Lipinski definition) is 15. The van der Waals surface area contributed by atoms with Crippen molar-refractivity contribution in [1.29, 1.82) is 0 Å². The Morgan fingerprint density at radius 2 is 0.622 bits per heavy atom. The minimum absolute atomic E-state index is 0.102. The number of phosphoric ester groups is 2. The molecule has 5 atom stereocenters. The molecule has 0 heterocycles. The first-order valence-corrected chi connectivity index (χ1v) is 32.0. The van der Waals surface area contributed by atoms with Crippen LogP contribution in [0.3, 0.4) is 0 Å². The quantitative estimate of drug-likeness (QED) is 0.0222. The molecule has 0 aromatic heterocycles. The largest absolute Gasteiger partial charge is 0.472 e. The second-order valence-electron chi connectivity index (χ2n) is 20.9. The van der Waals surface area contributed by atoms with E-state index in [1.54, 1.807) is 0 Å². The van der Waals surface area contributed by atoms with Crippen molar-refractivity contribution in [2.75, 3.05) is 39.6 Å². The summed E-state index contributed by atoms with van der Waals surface area (Å²) in [5.41, 5.74) is 0. The third-order valence-electron chi connectivity index (χ3n) is 12.5. The predicted molar refractivity (Wildman–Crippen MR) is 289 cm³/mol. The molecule has 0 saturated carbocycles. The van der Waals surface area contributed by atoms with Gasteiger partial charge in [-0.2, -0.15) is 0 Å². The van der Waals surface area contributed by atoms with Crippen LogP contribution in [0.5, 0.6) is 0 Å². The lowest BCUT2D eigenvalue weighted by molar-refractivity contribution is -0.161. The lowest BCUT2D eigenvalue weighted by Crippen LogP contribution is -2.30. The average molecular weight is 1100 g/mol. The summed E-state index contributed by atoms with van der Waals surface area (Å²) in [7, 11) is -9.86. The first-order valence-electron chi connectivity index (χ1n) is 29.0. The van der Waals surface area contributed by atoms with Crippen LogP contribution >= 0.6 is 15.6 Å². The van der Waals surface area contributed by atoms with Crippen molar-refractivity contribution in [3.05, 3.63) is 0 Å². The Morgan fingerprint density at radius 3 is 0.919 bits per heavy atom. The Bertz CT molecular complexity index is 1480. The highest BCUT2D eigenvalue weighted by atomic mass is 31.2. The van der Waals surface area contributed by atoms with Crippen LogP contribution in [0, 0.1) is 11.8 Å². The van der Waals surface area contributed by atoms with Crippen LogP contribution < -0.4 is 0 Å². The maximum atomic E-state index is 12.9. The Kier molecular flexibility index (Phi) is 46.9.